The van der Waals surface area contributed by atoms with Gasteiger partial charge in [0.25, 0.3) is 5.91 Å². The van der Waals surface area contributed by atoms with E-state index in [4.69, 9.17) is 4.74 Å². The van der Waals surface area contributed by atoms with E-state index in [1.807, 2.05) is 13.8 Å². The average molecular weight is 353 g/mol. The summed E-state index contributed by atoms with van der Waals surface area (Å²) in [6.45, 7) is 3.56. The average Bonchev–Trinajstić information content (AvgIpc) is 3.21. The van der Waals surface area contributed by atoms with E-state index in [0.29, 0.717) is 6.54 Å². The molecule has 1 heterocycles. The Balaban J connectivity index is 1.72. The van der Waals surface area contributed by atoms with Gasteiger partial charge in [-0.25, -0.2) is 4.79 Å². The van der Waals surface area contributed by atoms with E-state index >= 15 is 0 Å². The molecule has 8 nitrogen and oxygen atoms in total. The number of likely N-dealkylation sites (tertiary alicyclic amines) is 1. The van der Waals surface area contributed by atoms with Gasteiger partial charge in [0.15, 0.2) is 6.61 Å². The summed E-state index contributed by atoms with van der Waals surface area (Å²) in [5.74, 6) is -1.81. The van der Waals surface area contributed by atoms with Crippen LogP contribution < -0.4 is 10.6 Å². The lowest BCUT2D eigenvalue weighted by atomic mass is 10.1. The molecular formula is C17H27N3O5. The van der Waals surface area contributed by atoms with E-state index in [2.05, 4.69) is 10.6 Å². The summed E-state index contributed by atoms with van der Waals surface area (Å²) in [5, 5.41) is 4.69. The molecule has 140 valence electrons. The number of carbonyl (C=O) groups excluding carboxylic acids is 4. The van der Waals surface area contributed by atoms with Crippen molar-refractivity contribution in [3.8, 4) is 0 Å². The summed E-state index contributed by atoms with van der Waals surface area (Å²) in [4.78, 5) is 49.1. The Kier molecular flexibility index (Phi) is 6.78. The van der Waals surface area contributed by atoms with Crippen LogP contribution in [0.3, 0.4) is 0 Å². The van der Waals surface area contributed by atoms with E-state index < -0.39 is 30.4 Å². The summed E-state index contributed by atoms with van der Waals surface area (Å²) < 4.78 is 4.97. The highest BCUT2D eigenvalue weighted by Gasteiger charge is 2.39. The monoisotopic (exact) mass is 353 g/mol. The van der Waals surface area contributed by atoms with Crippen LogP contribution in [0.2, 0.25) is 0 Å². The van der Waals surface area contributed by atoms with Crippen LogP contribution in [-0.2, 0) is 19.1 Å². The van der Waals surface area contributed by atoms with Crippen LogP contribution in [0.25, 0.3) is 0 Å². The molecule has 0 aromatic carbocycles. The normalized spacial score (nSPS) is 21.9. The molecule has 0 aromatic heterocycles. The Bertz CT molecular complexity index is 530. The zero-order chi connectivity index (χ0) is 18.4. The topological polar surface area (TPSA) is 105 Å². The van der Waals surface area contributed by atoms with Crippen molar-refractivity contribution in [2.45, 2.75) is 64.5 Å². The van der Waals surface area contributed by atoms with Crippen LogP contribution in [0.1, 0.15) is 52.4 Å². The van der Waals surface area contributed by atoms with Crippen molar-refractivity contribution in [3.05, 3.63) is 0 Å². The molecular weight excluding hydrogens is 326 g/mol. The predicted octanol–water partition coefficient (Wildman–Crippen LogP) is 0.945. The molecule has 1 aliphatic heterocycles. The zero-order valence-electron chi connectivity index (χ0n) is 14.9. The molecule has 0 bridgehead atoms. The second kappa shape index (κ2) is 8.82. The van der Waals surface area contributed by atoms with Crippen molar-refractivity contribution in [1.82, 2.24) is 15.5 Å². The highest BCUT2D eigenvalue weighted by molar-refractivity contribution is 5.96. The first-order valence-electron chi connectivity index (χ1n) is 8.97. The molecule has 2 aliphatic rings. The molecule has 2 rings (SSSR count). The Morgan fingerprint density at radius 1 is 1.28 bits per heavy atom. The molecule has 0 spiro atoms. The molecule has 0 radical (unpaired) electrons. The first-order valence-corrected chi connectivity index (χ1v) is 8.97. The lowest BCUT2D eigenvalue weighted by Crippen LogP contribution is -2.44. The molecule has 2 atom stereocenters. The summed E-state index contributed by atoms with van der Waals surface area (Å²) >= 11 is 0. The Morgan fingerprint density at radius 3 is 2.60 bits per heavy atom. The lowest BCUT2D eigenvalue weighted by molar-refractivity contribution is -0.152. The van der Waals surface area contributed by atoms with Gasteiger partial charge >= 0.3 is 12.0 Å². The van der Waals surface area contributed by atoms with Crippen LogP contribution >= 0.6 is 0 Å². The first-order chi connectivity index (χ1) is 11.9. The van der Waals surface area contributed by atoms with Crippen LogP contribution in [0.5, 0.6) is 0 Å². The predicted molar refractivity (Wildman–Crippen MR) is 89.5 cm³/mol. The fourth-order valence-corrected chi connectivity index (χ4v) is 3.24. The van der Waals surface area contributed by atoms with Crippen molar-refractivity contribution in [2.24, 2.45) is 5.92 Å². The van der Waals surface area contributed by atoms with E-state index in [9.17, 15) is 19.2 Å². The second-order valence-corrected chi connectivity index (χ2v) is 6.82. The number of rotatable bonds is 6. The van der Waals surface area contributed by atoms with Gasteiger partial charge < -0.3 is 15.0 Å². The highest BCUT2D eigenvalue weighted by atomic mass is 16.5. The number of esters is 1. The molecule has 1 aliphatic carbocycles. The van der Waals surface area contributed by atoms with Crippen LogP contribution in [0.4, 0.5) is 4.79 Å². The Hall–Kier alpha value is -2.12. The smallest absolute Gasteiger partial charge is 0.321 e. The molecule has 4 amide bonds. The standard InChI is InChI=1S/C17H27N3O5/c1-3-11(2)18-17(24)19-14(21)10-25-16(23)12-8-15(22)20(9-12)13-6-4-5-7-13/h11-13H,3-10H2,1-2H3,(H2,18,19,21,24)/t11-,12+/m1/s1. The molecule has 1 saturated carbocycles. The zero-order valence-corrected chi connectivity index (χ0v) is 14.9. The molecule has 25 heavy (non-hydrogen) atoms. The van der Waals surface area contributed by atoms with Crippen molar-refractivity contribution in [3.63, 3.8) is 0 Å². The molecule has 8 heteroatoms. The van der Waals surface area contributed by atoms with Crippen LogP contribution in [-0.4, -0.2) is 54.0 Å². The molecule has 2 N–H and O–H groups in total. The SMILES string of the molecule is CC[C@@H](C)NC(=O)NC(=O)COC(=O)[C@H]1CC(=O)N(C2CCCC2)C1. The number of hydrogen-bond acceptors (Lipinski definition) is 5. The number of imide groups is 1. The van der Waals surface area contributed by atoms with E-state index in [-0.39, 0.29) is 24.4 Å². The fraction of sp³-hybridized carbons (Fsp3) is 0.765. The summed E-state index contributed by atoms with van der Waals surface area (Å²) in [6.07, 6.45) is 5.07. The van der Waals surface area contributed by atoms with Gasteiger partial charge in [-0.1, -0.05) is 19.8 Å². The second-order valence-electron chi connectivity index (χ2n) is 6.82. The number of amides is 4. The van der Waals surface area contributed by atoms with Gasteiger partial charge in [-0.15, -0.1) is 0 Å². The first kappa shape index (κ1) is 19.2. The molecule has 2 fully saturated rings. The molecule has 1 saturated heterocycles. The number of nitrogens with zero attached hydrogens (tertiary/aromatic N) is 1. The largest absolute Gasteiger partial charge is 0.455 e. The molecule has 0 aromatic rings. The van der Waals surface area contributed by atoms with Gasteiger partial charge in [0.1, 0.15) is 0 Å². The van der Waals surface area contributed by atoms with Crippen LogP contribution in [0.15, 0.2) is 0 Å². The van der Waals surface area contributed by atoms with Gasteiger partial charge in [0.2, 0.25) is 5.91 Å². The minimum absolute atomic E-state index is 0.0220. The van der Waals surface area contributed by atoms with Gasteiger partial charge in [0, 0.05) is 25.0 Å². The van der Waals surface area contributed by atoms with E-state index in [1.165, 1.54) is 0 Å². The maximum atomic E-state index is 12.1. The van der Waals surface area contributed by atoms with Crippen molar-refractivity contribution in [2.75, 3.05) is 13.2 Å². The van der Waals surface area contributed by atoms with Gasteiger partial charge in [0.05, 0.1) is 5.92 Å². The van der Waals surface area contributed by atoms with Gasteiger partial charge in [-0.05, 0) is 26.2 Å². The van der Waals surface area contributed by atoms with Gasteiger partial charge in [-0.2, -0.15) is 0 Å². The summed E-state index contributed by atoms with van der Waals surface area (Å²) in [5.41, 5.74) is 0. The third-order valence-electron chi connectivity index (χ3n) is 4.85. The fourth-order valence-electron chi connectivity index (χ4n) is 3.24. The third-order valence-corrected chi connectivity index (χ3v) is 4.85. The third kappa shape index (κ3) is 5.44. The minimum Gasteiger partial charge on any atom is -0.455 e. The quantitative estimate of drug-likeness (QED) is 0.692. The van der Waals surface area contributed by atoms with Crippen molar-refractivity contribution >= 4 is 23.8 Å². The van der Waals surface area contributed by atoms with Gasteiger partial charge in [-0.3, -0.25) is 19.7 Å². The lowest BCUT2D eigenvalue weighted by Gasteiger charge is -2.23. The van der Waals surface area contributed by atoms with E-state index in [0.717, 1.165) is 32.1 Å². The van der Waals surface area contributed by atoms with Crippen molar-refractivity contribution < 1.29 is 23.9 Å². The number of ether oxygens (including phenoxy) is 1. The van der Waals surface area contributed by atoms with Crippen molar-refractivity contribution in [1.29, 1.82) is 0 Å². The highest BCUT2D eigenvalue weighted by Crippen LogP contribution is 2.29. The van der Waals surface area contributed by atoms with E-state index in [1.54, 1.807) is 4.90 Å². The maximum absolute atomic E-state index is 12.1. The minimum atomic E-state index is -0.689. The summed E-state index contributed by atoms with van der Waals surface area (Å²) in [7, 11) is 0. The number of nitrogens with one attached hydrogen (secondary N) is 2. The maximum Gasteiger partial charge on any atom is 0.321 e. The number of urea groups is 1. The summed E-state index contributed by atoms with van der Waals surface area (Å²) in [6, 6.07) is -0.432. The Morgan fingerprint density at radius 2 is 1.96 bits per heavy atom. The molecule has 0 unspecified atom stereocenters. The van der Waals surface area contributed by atoms with Crippen LogP contribution in [0, 0.1) is 5.92 Å². The number of carbonyl (C=O) groups is 4. The number of hydrogen-bond donors (Lipinski definition) is 2. The Labute approximate surface area is 147 Å².